The summed E-state index contributed by atoms with van der Waals surface area (Å²) >= 11 is 0. The molecule has 1 heterocycles. The fraction of sp³-hybridized carbons (Fsp3) is 0.214. The van der Waals surface area contributed by atoms with E-state index >= 15 is 0 Å². The lowest BCUT2D eigenvalue weighted by Gasteiger charge is -2.15. The van der Waals surface area contributed by atoms with Crippen LogP contribution < -0.4 is 5.32 Å². The Morgan fingerprint density at radius 2 is 1.61 bits per heavy atom. The molecule has 0 saturated carbocycles. The van der Waals surface area contributed by atoms with Gasteiger partial charge < -0.3 is 5.32 Å². The van der Waals surface area contributed by atoms with Crippen molar-refractivity contribution < 1.29 is 4.79 Å². The third-order valence-corrected chi connectivity index (χ3v) is 5.72. The Morgan fingerprint density at radius 1 is 0.903 bits per heavy atom. The molecule has 4 rings (SSSR count). The van der Waals surface area contributed by atoms with E-state index in [2.05, 4.69) is 55.6 Å². The number of carbonyl (C=O) groups is 1. The smallest absolute Gasteiger partial charge is 0.256 e. The van der Waals surface area contributed by atoms with E-state index in [1.54, 1.807) is 0 Å². The van der Waals surface area contributed by atoms with Gasteiger partial charge in [-0.1, -0.05) is 73.5 Å². The number of nitrogens with one attached hydrogen (secondary N) is 1. The number of unbranched alkanes of at least 4 members (excludes halogenated alkanes) is 1. The van der Waals surface area contributed by atoms with Crippen molar-refractivity contribution in [2.24, 2.45) is 0 Å². The maximum Gasteiger partial charge on any atom is 0.256 e. The van der Waals surface area contributed by atoms with E-state index in [1.165, 1.54) is 24.0 Å². The molecule has 0 radical (unpaired) electrons. The third kappa shape index (κ3) is 4.51. The number of rotatable bonds is 6. The van der Waals surface area contributed by atoms with Crippen LogP contribution in [0, 0.1) is 13.8 Å². The van der Waals surface area contributed by atoms with Crippen molar-refractivity contribution in [1.82, 2.24) is 4.98 Å². The number of aromatic nitrogens is 1. The van der Waals surface area contributed by atoms with Gasteiger partial charge in [0.15, 0.2) is 0 Å². The van der Waals surface area contributed by atoms with Gasteiger partial charge in [0.1, 0.15) is 0 Å². The minimum atomic E-state index is -0.106. The lowest BCUT2D eigenvalue weighted by atomic mass is 9.96. The minimum Gasteiger partial charge on any atom is -0.322 e. The second-order valence-corrected chi connectivity index (χ2v) is 8.10. The first-order valence-electron chi connectivity index (χ1n) is 10.9. The molecule has 0 unspecified atom stereocenters. The van der Waals surface area contributed by atoms with E-state index in [4.69, 9.17) is 4.98 Å². The van der Waals surface area contributed by atoms with Gasteiger partial charge in [0, 0.05) is 16.6 Å². The zero-order valence-corrected chi connectivity index (χ0v) is 18.4. The zero-order valence-electron chi connectivity index (χ0n) is 18.4. The highest BCUT2D eigenvalue weighted by atomic mass is 16.1. The lowest BCUT2D eigenvalue weighted by Crippen LogP contribution is -2.15. The first-order valence-corrected chi connectivity index (χ1v) is 10.9. The van der Waals surface area contributed by atoms with Crippen molar-refractivity contribution >= 4 is 22.5 Å². The summed E-state index contributed by atoms with van der Waals surface area (Å²) < 4.78 is 0. The Bertz CT molecular complexity index is 1210. The number of carbonyl (C=O) groups excluding carboxylic acids is 1. The van der Waals surface area contributed by atoms with Crippen LogP contribution >= 0.6 is 0 Å². The number of hydrogen-bond donors (Lipinski definition) is 1. The number of pyridine rings is 1. The molecule has 3 heteroatoms. The molecule has 0 aliphatic rings. The molecule has 0 bridgehead atoms. The Labute approximate surface area is 184 Å². The molecule has 4 aromatic rings. The van der Waals surface area contributed by atoms with Crippen molar-refractivity contribution in [2.75, 3.05) is 5.32 Å². The van der Waals surface area contributed by atoms with Gasteiger partial charge in [-0.15, -0.1) is 0 Å². The molecule has 3 nitrogen and oxygen atoms in total. The molecule has 1 N–H and O–H groups in total. The fourth-order valence-electron chi connectivity index (χ4n) is 3.92. The van der Waals surface area contributed by atoms with Gasteiger partial charge in [-0.25, -0.2) is 4.98 Å². The molecule has 0 aliphatic heterocycles. The van der Waals surface area contributed by atoms with Crippen molar-refractivity contribution in [2.45, 2.75) is 40.0 Å². The van der Waals surface area contributed by atoms with Crippen molar-refractivity contribution in [3.8, 4) is 11.3 Å². The quantitative estimate of drug-likeness (QED) is 0.369. The van der Waals surface area contributed by atoms with E-state index in [1.807, 2.05) is 43.3 Å². The van der Waals surface area contributed by atoms with Crippen LogP contribution in [0.25, 0.3) is 22.2 Å². The molecule has 0 saturated heterocycles. The Morgan fingerprint density at radius 3 is 2.32 bits per heavy atom. The zero-order chi connectivity index (χ0) is 21.8. The Hall–Kier alpha value is -3.46. The summed E-state index contributed by atoms with van der Waals surface area (Å²) in [6.45, 7) is 6.25. The van der Waals surface area contributed by atoms with E-state index in [0.29, 0.717) is 5.56 Å². The summed E-state index contributed by atoms with van der Waals surface area (Å²) in [5.41, 5.74) is 7.55. The number of benzene rings is 3. The van der Waals surface area contributed by atoms with Crippen LogP contribution in [0.15, 0.2) is 72.8 Å². The number of amides is 1. The SMILES string of the molecule is CCCCc1ccc(NC(=O)c2c(C)c(-c3ccc(C)cc3)nc3ccccc23)cc1. The molecular weight excluding hydrogens is 380 g/mol. The van der Waals surface area contributed by atoms with Crippen LogP contribution in [0.1, 0.15) is 46.8 Å². The number of para-hydroxylation sites is 1. The second kappa shape index (κ2) is 9.13. The van der Waals surface area contributed by atoms with Gasteiger partial charge in [0.05, 0.1) is 16.8 Å². The molecule has 0 aliphatic carbocycles. The van der Waals surface area contributed by atoms with Crippen LogP contribution in [0.5, 0.6) is 0 Å². The Balaban J connectivity index is 1.72. The van der Waals surface area contributed by atoms with Crippen LogP contribution in [0.4, 0.5) is 5.69 Å². The van der Waals surface area contributed by atoms with Gasteiger partial charge >= 0.3 is 0 Å². The van der Waals surface area contributed by atoms with Gasteiger partial charge in [-0.05, 0) is 56.0 Å². The number of nitrogens with zero attached hydrogens (tertiary/aromatic N) is 1. The number of aryl methyl sites for hydroxylation is 2. The Kier molecular flexibility index (Phi) is 6.13. The highest BCUT2D eigenvalue weighted by molar-refractivity contribution is 6.14. The molecule has 0 fully saturated rings. The van der Waals surface area contributed by atoms with Crippen LogP contribution in [-0.4, -0.2) is 10.9 Å². The average molecular weight is 409 g/mol. The standard InChI is InChI=1S/C28H28N2O/c1-4-5-8-21-13-17-23(18-14-21)29-28(31)26-20(3)27(22-15-11-19(2)12-16-22)30-25-10-7-6-9-24(25)26/h6-7,9-18H,4-5,8H2,1-3H3,(H,29,31). The molecule has 156 valence electrons. The number of fused-ring (bicyclic) bond motifs is 1. The van der Waals surface area contributed by atoms with Crippen molar-refractivity contribution in [1.29, 1.82) is 0 Å². The van der Waals surface area contributed by atoms with Gasteiger partial charge in [0.25, 0.3) is 5.91 Å². The van der Waals surface area contributed by atoms with Gasteiger partial charge in [-0.2, -0.15) is 0 Å². The van der Waals surface area contributed by atoms with E-state index in [9.17, 15) is 4.79 Å². The average Bonchev–Trinajstić information content (AvgIpc) is 2.79. The van der Waals surface area contributed by atoms with Gasteiger partial charge in [-0.3, -0.25) is 4.79 Å². The highest BCUT2D eigenvalue weighted by Crippen LogP contribution is 2.30. The first-order chi connectivity index (χ1) is 15.1. The van der Waals surface area contributed by atoms with Gasteiger partial charge in [0.2, 0.25) is 0 Å². The van der Waals surface area contributed by atoms with E-state index in [-0.39, 0.29) is 5.91 Å². The summed E-state index contributed by atoms with van der Waals surface area (Å²) in [6.07, 6.45) is 3.42. The summed E-state index contributed by atoms with van der Waals surface area (Å²) in [6, 6.07) is 24.3. The highest BCUT2D eigenvalue weighted by Gasteiger charge is 2.19. The summed E-state index contributed by atoms with van der Waals surface area (Å²) in [4.78, 5) is 18.3. The molecule has 0 atom stereocenters. The molecular formula is C28H28N2O. The lowest BCUT2D eigenvalue weighted by molar-refractivity contribution is 0.102. The van der Waals surface area contributed by atoms with Crippen LogP contribution in [0.2, 0.25) is 0 Å². The van der Waals surface area contributed by atoms with Crippen molar-refractivity contribution in [3.05, 3.63) is 95.1 Å². The third-order valence-electron chi connectivity index (χ3n) is 5.72. The van der Waals surface area contributed by atoms with Crippen LogP contribution in [-0.2, 0) is 6.42 Å². The molecule has 3 aromatic carbocycles. The molecule has 1 aromatic heterocycles. The number of hydrogen-bond acceptors (Lipinski definition) is 2. The molecule has 0 spiro atoms. The minimum absolute atomic E-state index is 0.106. The molecule has 1 amide bonds. The second-order valence-electron chi connectivity index (χ2n) is 8.10. The maximum atomic E-state index is 13.4. The maximum absolute atomic E-state index is 13.4. The largest absolute Gasteiger partial charge is 0.322 e. The summed E-state index contributed by atoms with van der Waals surface area (Å²) in [7, 11) is 0. The van der Waals surface area contributed by atoms with E-state index < -0.39 is 0 Å². The predicted octanol–water partition coefficient (Wildman–Crippen LogP) is 7.11. The topological polar surface area (TPSA) is 42.0 Å². The van der Waals surface area contributed by atoms with Crippen LogP contribution in [0.3, 0.4) is 0 Å². The summed E-state index contributed by atoms with van der Waals surface area (Å²) in [5, 5.41) is 3.96. The van der Waals surface area contributed by atoms with Crippen molar-refractivity contribution in [3.63, 3.8) is 0 Å². The molecule has 31 heavy (non-hydrogen) atoms. The number of anilines is 1. The summed E-state index contributed by atoms with van der Waals surface area (Å²) in [5.74, 6) is -0.106. The monoisotopic (exact) mass is 408 g/mol. The fourth-order valence-corrected chi connectivity index (χ4v) is 3.92. The predicted molar refractivity (Wildman–Crippen MR) is 130 cm³/mol. The van der Waals surface area contributed by atoms with E-state index in [0.717, 1.165) is 39.8 Å². The normalized spacial score (nSPS) is 10.9. The first kappa shape index (κ1) is 20.8.